The van der Waals surface area contributed by atoms with Crippen molar-refractivity contribution >= 4 is 0 Å². The van der Waals surface area contributed by atoms with E-state index in [0.29, 0.717) is 12.1 Å². The lowest BCUT2D eigenvalue weighted by atomic mass is 9.85. The zero-order valence-electron chi connectivity index (χ0n) is 13.2. The van der Waals surface area contributed by atoms with E-state index in [1.807, 2.05) is 7.05 Å². The lowest BCUT2D eigenvalue weighted by Gasteiger charge is -2.30. The quantitative estimate of drug-likeness (QED) is 0.812. The highest BCUT2D eigenvalue weighted by atomic mass is 16.5. The van der Waals surface area contributed by atoms with E-state index in [4.69, 9.17) is 4.74 Å². The highest BCUT2D eigenvalue weighted by molar-refractivity contribution is 5.36. The number of hydrogen-bond acceptors (Lipinski definition) is 2. The van der Waals surface area contributed by atoms with Gasteiger partial charge in [-0.05, 0) is 44.7 Å². The van der Waals surface area contributed by atoms with Gasteiger partial charge in [-0.15, -0.1) is 0 Å². The molecule has 1 aliphatic carbocycles. The Hall–Kier alpha value is -1.02. The summed E-state index contributed by atoms with van der Waals surface area (Å²) in [6.07, 6.45) is 7.90. The molecule has 1 fully saturated rings. The summed E-state index contributed by atoms with van der Waals surface area (Å²) < 4.78 is 6.36. The van der Waals surface area contributed by atoms with Crippen LogP contribution < -0.4 is 10.1 Å². The van der Waals surface area contributed by atoms with Crippen LogP contribution in [0, 0.1) is 5.92 Å². The zero-order valence-corrected chi connectivity index (χ0v) is 13.2. The molecule has 2 rings (SSSR count). The molecule has 3 atom stereocenters. The van der Waals surface area contributed by atoms with Crippen molar-refractivity contribution in [3.05, 3.63) is 29.8 Å². The third kappa shape index (κ3) is 3.76. The van der Waals surface area contributed by atoms with E-state index in [-0.39, 0.29) is 0 Å². The summed E-state index contributed by atoms with van der Waals surface area (Å²) >= 11 is 0. The van der Waals surface area contributed by atoms with Gasteiger partial charge in [-0.2, -0.15) is 0 Å². The van der Waals surface area contributed by atoms with Crippen LogP contribution in [0.3, 0.4) is 0 Å². The fourth-order valence-electron chi connectivity index (χ4n) is 3.35. The lowest BCUT2D eigenvalue weighted by Crippen LogP contribution is -2.26. The van der Waals surface area contributed by atoms with Crippen LogP contribution in [0.25, 0.3) is 0 Å². The van der Waals surface area contributed by atoms with E-state index in [9.17, 15) is 0 Å². The monoisotopic (exact) mass is 275 g/mol. The van der Waals surface area contributed by atoms with E-state index >= 15 is 0 Å². The molecule has 112 valence electrons. The molecular formula is C18H29NO. The summed E-state index contributed by atoms with van der Waals surface area (Å²) in [6, 6.07) is 8.90. The summed E-state index contributed by atoms with van der Waals surface area (Å²) in [5, 5.41) is 3.39. The van der Waals surface area contributed by atoms with Crippen molar-refractivity contribution in [2.24, 2.45) is 5.92 Å². The Balaban J connectivity index is 2.08. The normalized spacial score (nSPS) is 24.4. The highest BCUT2D eigenvalue weighted by Crippen LogP contribution is 2.33. The first-order valence-electron chi connectivity index (χ1n) is 8.21. The smallest absolute Gasteiger partial charge is 0.124 e. The van der Waals surface area contributed by atoms with E-state index in [1.54, 1.807) is 0 Å². The van der Waals surface area contributed by atoms with Crippen LogP contribution in [0.2, 0.25) is 0 Å². The van der Waals surface area contributed by atoms with E-state index in [1.165, 1.54) is 37.7 Å². The summed E-state index contributed by atoms with van der Waals surface area (Å²) in [6.45, 7) is 4.51. The molecule has 1 aromatic rings. The molecule has 0 radical (unpaired) electrons. The Bertz CT molecular complexity index is 400. The lowest BCUT2D eigenvalue weighted by molar-refractivity contribution is 0.120. The van der Waals surface area contributed by atoms with Gasteiger partial charge in [0.25, 0.3) is 0 Å². The molecule has 2 heteroatoms. The van der Waals surface area contributed by atoms with Crippen molar-refractivity contribution in [1.82, 2.24) is 5.32 Å². The van der Waals surface area contributed by atoms with Gasteiger partial charge in [-0.1, -0.05) is 44.9 Å². The van der Waals surface area contributed by atoms with Gasteiger partial charge in [-0.3, -0.25) is 0 Å². The first-order valence-corrected chi connectivity index (χ1v) is 8.21. The van der Waals surface area contributed by atoms with Crippen LogP contribution in [-0.2, 0) is 0 Å². The molecule has 0 bridgehead atoms. The second-order valence-electron chi connectivity index (χ2n) is 5.97. The summed E-state index contributed by atoms with van der Waals surface area (Å²) in [4.78, 5) is 0. The second-order valence-corrected chi connectivity index (χ2v) is 5.97. The number of nitrogens with one attached hydrogen (secondary N) is 1. The number of benzene rings is 1. The molecule has 20 heavy (non-hydrogen) atoms. The minimum atomic E-state index is 0.386. The highest BCUT2D eigenvalue weighted by Gasteiger charge is 2.23. The van der Waals surface area contributed by atoms with E-state index in [0.717, 1.165) is 18.1 Å². The molecule has 0 heterocycles. The fraction of sp³-hybridized carbons (Fsp3) is 0.667. The molecule has 1 N–H and O–H groups in total. The predicted octanol–water partition coefficient (Wildman–Crippen LogP) is 4.70. The van der Waals surface area contributed by atoms with Crippen molar-refractivity contribution in [1.29, 1.82) is 0 Å². The minimum Gasteiger partial charge on any atom is -0.490 e. The Morgan fingerprint density at radius 2 is 2.05 bits per heavy atom. The average Bonchev–Trinajstić information content (AvgIpc) is 2.50. The topological polar surface area (TPSA) is 21.3 Å². The molecule has 0 aliphatic heterocycles. The van der Waals surface area contributed by atoms with Gasteiger partial charge in [0.05, 0.1) is 6.10 Å². The van der Waals surface area contributed by atoms with Crippen molar-refractivity contribution < 1.29 is 4.74 Å². The van der Waals surface area contributed by atoms with Gasteiger partial charge in [0.1, 0.15) is 5.75 Å². The largest absolute Gasteiger partial charge is 0.490 e. The Morgan fingerprint density at radius 1 is 1.25 bits per heavy atom. The maximum Gasteiger partial charge on any atom is 0.124 e. The number of rotatable bonds is 6. The fourth-order valence-corrected chi connectivity index (χ4v) is 3.35. The molecule has 0 amide bonds. The van der Waals surface area contributed by atoms with Crippen LogP contribution in [0.5, 0.6) is 5.75 Å². The third-order valence-electron chi connectivity index (χ3n) is 4.66. The van der Waals surface area contributed by atoms with Crippen LogP contribution >= 0.6 is 0 Å². The van der Waals surface area contributed by atoms with Gasteiger partial charge in [0.15, 0.2) is 0 Å². The Morgan fingerprint density at radius 3 is 2.75 bits per heavy atom. The third-order valence-corrected chi connectivity index (χ3v) is 4.66. The number of hydrogen-bond donors (Lipinski definition) is 1. The van der Waals surface area contributed by atoms with Gasteiger partial charge < -0.3 is 10.1 Å². The molecule has 1 saturated carbocycles. The first-order chi connectivity index (χ1) is 9.78. The zero-order chi connectivity index (χ0) is 14.4. The maximum atomic E-state index is 6.36. The standard InChI is InChI=1S/C18H29NO/c1-4-14-9-8-10-15(13-14)20-18-12-7-6-11-16(18)17(5-2)19-3/h6-7,11-12,14-15,17,19H,4-5,8-10,13H2,1-3H3. The Kier molecular flexibility index (Phi) is 5.90. The van der Waals surface area contributed by atoms with E-state index in [2.05, 4.69) is 43.4 Å². The Labute approximate surface area is 123 Å². The minimum absolute atomic E-state index is 0.386. The summed E-state index contributed by atoms with van der Waals surface area (Å²) in [5.74, 6) is 1.93. The molecule has 1 aromatic carbocycles. The van der Waals surface area contributed by atoms with Crippen molar-refractivity contribution in [3.63, 3.8) is 0 Å². The average molecular weight is 275 g/mol. The second kappa shape index (κ2) is 7.68. The van der Waals surface area contributed by atoms with Gasteiger partial charge in [-0.25, -0.2) is 0 Å². The van der Waals surface area contributed by atoms with Crippen LogP contribution in [0.15, 0.2) is 24.3 Å². The summed E-state index contributed by atoms with van der Waals surface area (Å²) in [7, 11) is 2.03. The molecule has 0 aromatic heterocycles. The van der Waals surface area contributed by atoms with Gasteiger partial charge in [0.2, 0.25) is 0 Å². The van der Waals surface area contributed by atoms with Crippen molar-refractivity contribution in [2.45, 2.75) is 64.5 Å². The molecule has 2 nitrogen and oxygen atoms in total. The van der Waals surface area contributed by atoms with E-state index < -0.39 is 0 Å². The van der Waals surface area contributed by atoms with Gasteiger partial charge in [0, 0.05) is 11.6 Å². The number of para-hydroxylation sites is 1. The number of ether oxygens (including phenoxy) is 1. The predicted molar refractivity (Wildman–Crippen MR) is 85.2 cm³/mol. The van der Waals surface area contributed by atoms with Gasteiger partial charge >= 0.3 is 0 Å². The molecule has 0 saturated heterocycles. The van der Waals surface area contributed by atoms with Crippen LogP contribution in [0.4, 0.5) is 0 Å². The first kappa shape index (κ1) is 15.4. The van der Waals surface area contributed by atoms with Crippen LogP contribution in [0.1, 0.15) is 64.0 Å². The summed E-state index contributed by atoms with van der Waals surface area (Å²) in [5.41, 5.74) is 1.30. The molecular weight excluding hydrogens is 246 g/mol. The molecule has 1 aliphatic rings. The van der Waals surface area contributed by atoms with Crippen molar-refractivity contribution in [3.8, 4) is 5.75 Å². The maximum absolute atomic E-state index is 6.36. The molecule has 3 unspecified atom stereocenters. The van der Waals surface area contributed by atoms with Crippen LogP contribution in [-0.4, -0.2) is 13.2 Å². The molecule has 0 spiro atoms. The van der Waals surface area contributed by atoms with Crippen molar-refractivity contribution in [2.75, 3.05) is 7.05 Å². The SMILES string of the molecule is CCC1CCCC(Oc2ccccc2C(CC)NC)C1.